The minimum absolute atomic E-state index is 0.146. The van der Waals surface area contributed by atoms with Crippen LogP contribution in [0.25, 0.3) is 0 Å². The number of hydrogen-bond acceptors (Lipinski definition) is 4. The molecule has 0 N–H and O–H groups in total. The molecule has 0 amide bonds. The number of rotatable bonds is 5. The number of hydrogen-bond donors (Lipinski definition) is 0. The molecule has 0 aromatic heterocycles. The van der Waals surface area contributed by atoms with Gasteiger partial charge in [0.2, 0.25) is 0 Å². The fourth-order valence-electron chi connectivity index (χ4n) is 0.763. The van der Waals surface area contributed by atoms with Gasteiger partial charge in [-0.15, -0.1) is 0 Å². The number of carbonyl (C=O) groups is 3. The van der Waals surface area contributed by atoms with Crippen molar-refractivity contribution in [3.8, 4) is 0 Å². The Morgan fingerprint density at radius 2 is 2.08 bits per heavy atom. The Balaban J connectivity index is 4.08. The Bertz CT molecular complexity index is 185. The summed E-state index contributed by atoms with van der Waals surface area (Å²) in [4.78, 5) is 32.0. The third-order valence-electron chi connectivity index (χ3n) is 1.54. The standard InChI is InChI=1S/C8H12O4/c1-3-7(10)6(5-9)4-8(11)12-2/h5-6H,3-4H2,1-2H3/t6-/m0/s1. The van der Waals surface area contributed by atoms with Gasteiger partial charge in [-0.05, 0) is 0 Å². The Morgan fingerprint density at radius 1 is 1.50 bits per heavy atom. The largest absolute Gasteiger partial charge is 0.469 e. The van der Waals surface area contributed by atoms with E-state index in [9.17, 15) is 14.4 Å². The number of ether oxygens (including phenoxy) is 1. The molecule has 12 heavy (non-hydrogen) atoms. The summed E-state index contributed by atoms with van der Waals surface area (Å²) in [5, 5.41) is 0. The maximum absolute atomic E-state index is 11.0. The van der Waals surface area contributed by atoms with Crippen LogP contribution < -0.4 is 0 Å². The van der Waals surface area contributed by atoms with E-state index in [1.54, 1.807) is 6.92 Å². The van der Waals surface area contributed by atoms with Gasteiger partial charge in [-0.1, -0.05) is 6.92 Å². The second-order valence-corrected chi connectivity index (χ2v) is 2.34. The molecule has 1 atom stereocenters. The molecule has 0 aromatic carbocycles. The third-order valence-corrected chi connectivity index (χ3v) is 1.54. The van der Waals surface area contributed by atoms with Crippen LogP contribution in [-0.2, 0) is 19.1 Å². The lowest BCUT2D eigenvalue weighted by atomic mass is 10.0. The second kappa shape index (κ2) is 5.46. The first-order valence-electron chi connectivity index (χ1n) is 3.70. The van der Waals surface area contributed by atoms with Crippen molar-refractivity contribution < 1.29 is 19.1 Å². The fraction of sp³-hybridized carbons (Fsp3) is 0.625. The van der Waals surface area contributed by atoms with E-state index in [0.29, 0.717) is 6.29 Å². The summed E-state index contributed by atoms with van der Waals surface area (Å²) in [6, 6.07) is 0. The highest BCUT2D eigenvalue weighted by Gasteiger charge is 2.19. The monoisotopic (exact) mass is 172 g/mol. The molecule has 4 heteroatoms. The highest BCUT2D eigenvalue weighted by atomic mass is 16.5. The Hall–Kier alpha value is -1.19. The second-order valence-electron chi connectivity index (χ2n) is 2.34. The minimum Gasteiger partial charge on any atom is -0.469 e. The van der Waals surface area contributed by atoms with E-state index in [1.807, 2.05) is 0 Å². The zero-order valence-electron chi connectivity index (χ0n) is 7.20. The molecule has 0 saturated heterocycles. The van der Waals surface area contributed by atoms with Gasteiger partial charge in [0, 0.05) is 6.42 Å². The van der Waals surface area contributed by atoms with E-state index >= 15 is 0 Å². The molecule has 0 radical (unpaired) electrons. The summed E-state index contributed by atoms with van der Waals surface area (Å²) in [5.74, 6) is -1.59. The van der Waals surface area contributed by atoms with E-state index < -0.39 is 11.9 Å². The predicted molar refractivity (Wildman–Crippen MR) is 41.5 cm³/mol. The molecule has 4 nitrogen and oxygen atoms in total. The molecule has 0 saturated carbocycles. The summed E-state index contributed by atoms with van der Waals surface area (Å²) in [6.45, 7) is 1.65. The number of methoxy groups -OCH3 is 1. The highest BCUT2D eigenvalue weighted by molar-refractivity contribution is 5.96. The van der Waals surface area contributed by atoms with Crippen molar-refractivity contribution in [3.63, 3.8) is 0 Å². The summed E-state index contributed by atoms with van der Waals surface area (Å²) in [7, 11) is 1.22. The van der Waals surface area contributed by atoms with Gasteiger partial charge >= 0.3 is 5.97 Å². The SMILES string of the molecule is CCC(=O)[C@H](C=O)CC(=O)OC. The Kier molecular flexibility index (Phi) is 4.92. The van der Waals surface area contributed by atoms with Crippen LogP contribution in [0.5, 0.6) is 0 Å². The summed E-state index contributed by atoms with van der Waals surface area (Å²) in [6.07, 6.45) is 0.607. The molecule has 0 unspecified atom stereocenters. The fourth-order valence-corrected chi connectivity index (χ4v) is 0.763. The van der Waals surface area contributed by atoms with Gasteiger partial charge in [0.1, 0.15) is 12.1 Å². The molecule has 0 spiro atoms. The lowest BCUT2D eigenvalue weighted by Crippen LogP contribution is -2.19. The number of esters is 1. The van der Waals surface area contributed by atoms with Gasteiger partial charge in [0.25, 0.3) is 0 Å². The van der Waals surface area contributed by atoms with Gasteiger partial charge in [0.15, 0.2) is 0 Å². The first kappa shape index (κ1) is 10.8. The van der Waals surface area contributed by atoms with Crippen LogP contribution in [0.3, 0.4) is 0 Å². The average molecular weight is 172 g/mol. The Morgan fingerprint density at radius 3 is 2.42 bits per heavy atom. The van der Waals surface area contributed by atoms with E-state index in [0.717, 1.165) is 0 Å². The van der Waals surface area contributed by atoms with Crippen LogP contribution >= 0.6 is 0 Å². The highest BCUT2D eigenvalue weighted by Crippen LogP contribution is 2.04. The average Bonchev–Trinajstić information content (AvgIpc) is 2.12. The first-order chi connectivity index (χ1) is 5.65. The summed E-state index contributed by atoms with van der Waals surface area (Å²) >= 11 is 0. The van der Waals surface area contributed by atoms with Crippen LogP contribution in [0.15, 0.2) is 0 Å². The molecular weight excluding hydrogens is 160 g/mol. The molecule has 0 bridgehead atoms. The number of Topliss-reactive ketones (excluding diaryl/α,β-unsaturated/α-hetero) is 1. The van der Waals surface area contributed by atoms with E-state index in [2.05, 4.69) is 4.74 Å². The molecule has 68 valence electrons. The molecule has 0 aliphatic carbocycles. The minimum atomic E-state index is -0.831. The first-order valence-corrected chi connectivity index (χ1v) is 3.70. The van der Waals surface area contributed by atoms with Crippen LogP contribution in [0.2, 0.25) is 0 Å². The third kappa shape index (κ3) is 3.27. The molecule has 0 rings (SSSR count). The van der Waals surface area contributed by atoms with Gasteiger partial charge in [-0.25, -0.2) is 0 Å². The summed E-state index contributed by atoms with van der Waals surface area (Å²) in [5.41, 5.74) is 0. The quantitative estimate of drug-likeness (QED) is 0.341. The molecule has 0 aromatic rings. The van der Waals surface area contributed by atoms with Crippen molar-refractivity contribution in [3.05, 3.63) is 0 Å². The van der Waals surface area contributed by atoms with Crippen molar-refractivity contribution in [2.24, 2.45) is 5.92 Å². The zero-order chi connectivity index (χ0) is 9.56. The van der Waals surface area contributed by atoms with Gasteiger partial charge in [-0.3, -0.25) is 9.59 Å². The molecular formula is C8H12O4. The molecule has 0 aliphatic rings. The number of ketones is 1. The van der Waals surface area contributed by atoms with E-state index in [4.69, 9.17) is 0 Å². The van der Waals surface area contributed by atoms with Gasteiger partial charge in [0.05, 0.1) is 19.4 Å². The predicted octanol–water partition coefficient (Wildman–Crippen LogP) is 0.344. The zero-order valence-corrected chi connectivity index (χ0v) is 7.20. The van der Waals surface area contributed by atoms with Gasteiger partial charge < -0.3 is 9.53 Å². The molecule has 0 heterocycles. The van der Waals surface area contributed by atoms with Crippen molar-refractivity contribution >= 4 is 18.0 Å². The summed E-state index contributed by atoms with van der Waals surface area (Å²) < 4.78 is 4.33. The lowest BCUT2D eigenvalue weighted by molar-refractivity contribution is -0.145. The van der Waals surface area contributed by atoms with Gasteiger partial charge in [-0.2, -0.15) is 0 Å². The lowest BCUT2D eigenvalue weighted by Gasteiger charge is -2.04. The number of carbonyl (C=O) groups excluding carboxylic acids is 3. The maximum atomic E-state index is 11.0. The van der Waals surface area contributed by atoms with E-state index in [-0.39, 0.29) is 18.6 Å². The van der Waals surface area contributed by atoms with Crippen molar-refractivity contribution in [2.45, 2.75) is 19.8 Å². The van der Waals surface area contributed by atoms with Crippen LogP contribution in [0, 0.1) is 5.92 Å². The van der Waals surface area contributed by atoms with E-state index in [1.165, 1.54) is 7.11 Å². The molecule has 0 fully saturated rings. The normalized spacial score (nSPS) is 11.8. The molecule has 0 aliphatic heterocycles. The maximum Gasteiger partial charge on any atom is 0.306 e. The topological polar surface area (TPSA) is 60.4 Å². The van der Waals surface area contributed by atoms with Crippen molar-refractivity contribution in [1.82, 2.24) is 0 Å². The number of aldehydes is 1. The van der Waals surface area contributed by atoms with Crippen LogP contribution in [0.1, 0.15) is 19.8 Å². The van der Waals surface area contributed by atoms with Crippen LogP contribution in [0.4, 0.5) is 0 Å². The smallest absolute Gasteiger partial charge is 0.306 e. The van der Waals surface area contributed by atoms with Crippen LogP contribution in [-0.4, -0.2) is 25.1 Å². The Labute approximate surface area is 70.9 Å². The van der Waals surface area contributed by atoms with Crippen molar-refractivity contribution in [1.29, 1.82) is 0 Å². The van der Waals surface area contributed by atoms with Crippen molar-refractivity contribution in [2.75, 3.05) is 7.11 Å².